The van der Waals surface area contributed by atoms with Gasteiger partial charge in [0.25, 0.3) is 5.91 Å². The van der Waals surface area contributed by atoms with Crippen LogP contribution in [0.2, 0.25) is 0 Å². The third-order valence-electron chi connectivity index (χ3n) is 6.24. The standard InChI is InChI=1S/C22H21F3N6O2/c1-13-5-7-16(20(27-13)30-10-9-26-29-30)21(32)31-15-6-8-17(31)14(11-15)12-33-19-4-2-3-18(28-19)22(23,24)25/h2-5,7,9-10,14-15,17H,6,8,11-12H2,1H3/t14?,15?,17-/m1/s1. The van der Waals surface area contributed by atoms with E-state index in [1.54, 1.807) is 18.3 Å². The van der Waals surface area contributed by atoms with Gasteiger partial charge in [-0.3, -0.25) is 4.79 Å². The second-order valence-corrected chi connectivity index (χ2v) is 8.35. The Morgan fingerprint density at radius 3 is 2.79 bits per heavy atom. The summed E-state index contributed by atoms with van der Waals surface area (Å²) in [6.45, 7) is 2.03. The third-order valence-corrected chi connectivity index (χ3v) is 6.24. The average molecular weight is 458 g/mol. The molecule has 0 N–H and O–H groups in total. The predicted octanol–water partition coefficient (Wildman–Crippen LogP) is 3.46. The Labute approximate surface area is 187 Å². The lowest BCUT2D eigenvalue weighted by Gasteiger charge is -2.25. The van der Waals surface area contributed by atoms with Gasteiger partial charge < -0.3 is 9.64 Å². The van der Waals surface area contributed by atoms with Crippen molar-refractivity contribution in [1.29, 1.82) is 0 Å². The smallest absolute Gasteiger partial charge is 0.433 e. The molecule has 2 aliphatic heterocycles. The minimum absolute atomic E-state index is 0.0114. The maximum Gasteiger partial charge on any atom is 0.433 e. The molecule has 3 atom stereocenters. The summed E-state index contributed by atoms with van der Waals surface area (Å²) in [6.07, 6.45) is 1.06. The van der Waals surface area contributed by atoms with E-state index in [4.69, 9.17) is 4.74 Å². The lowest BCUT2D eigenvalue weighted by atomic mass is 9.90. The monoisotopic (exact) mass is 458 g/mol. The number of aromatic nitrogens is 5. The number of fused-ring (bicyclic) bond motifs is 2. The number of ether oxygens (including phenoxy) is 1. The largest absolute Gasteiger partial charge is 0.477 e. The number of amides is 1. The number of rotatable bonds is 5. The van der Waals surface area contributed by atoms with Crippen LogP contribution in [0, 0.1) is 12.8 Å². The van der Waals surface area contributed by atoms with E-state index in [9.17, 15) is 18.0 Å². The maximum absolute atomic E-state index is 13.6. The summed E-state index contributed by atoms with van der Waals surface area (Å²) in [5.74, 6) is 0.226. The number of pyridine rings is 2. The number of hydrogen-bond donors (Lipinski definition) is 0. The second-order valence-electron chi connectivity index (χ2n) is 8.35. The van der Waals surface area contributed by atoms with Gasteiger partial charge in [0.05, 0.1) is 24.6 Å². The molecule has 2 aliphatic rings. The summed E-state index contributed by atoms with van der Waals surface area (Å²) in [4.78, 5) is 23.5. The van der Waals surface area contributed by atoms with E-state index in [2.05, 4.69) is 20.3 Å². The maximum atomic E-state index is 13.6. The van der Waals surface area contributed by atoms with Crippen molar-refractivity contribution in [3.05, 3.63) is 59.7 Å². The van der Waals surface area contributed by atoms with Gasteiger partial charge in [0, 0.05) is 29.8 Å². The van der Waals surface area contributed by atoms with Gasteiger partial charge in [-0.2, -0.15) is 13.2 Å². The van der Waals surface area contributed by atoms with Gasteiger partial charge in [-0.15, -0.1) is 5.10 Å². The summed E-state index contributed by atoms with van der Waals surface area (Å²) < 4.78 is 45.8. The van der Waals surface area contributed by atoms with Crippen molar-refractivity contribution < 1.29 is 22.7 Å². The van der Waals surface area contributed by atoms with Crippen LogP contribution in [0.15, 0.2) is 42.7 Å². The lowest BCUT2D eigenvalue weighted by molar-refractivity contribution is -0.141. The van der Waals surface area contributed by atoms with Crippen molar-refractivity contribution in [2.75, 3.05) is 6.61 Å². The van der Waals surface area contributed by atoms with Crippen molar-refractivity contribution in [3.8, 4) is 11.7 Å². The zero-order chi connectivity index (χ0) is 23.2. The first-order chi connectivity index (χ1) is 15.8. The van der Waals surface area contributed by atoms with Gasteiger partial charge in [0.15, 0.2) is 5.82 Å². The first-order valence-corrected chi connectivity index (χ1v) is 10.7. The van der Waals surface area contributed by atoms with E-state index in [0.717, 1.165) is 31.0 Å². The normalized spacial score (nSPS) is 22.1. The lowest BCUT2D eigenvalue weighted by Crippen LogP contribution is -2.38. The molecule has 0 aliphatic carbocycles. The second kappa shape index (κ2) is 8.13. The highest BCUT2D eigenvalue weighted by Gasteiger charge is 2.49. The number of carbonyl (C=O) groups excluding carboxylic acids is 1. The summed E-state index contributed by atoms with van der Waals surface area (Å²) in [5.41, 5.74) is 0.197. The van der Waals surface area contributed by atoms with Crippen LogP contribution in [-0.2, 0) is 6.18 Å². The molecular weight excluding hydrogens is 437 g/mol. The minimum atomic E-state index is -4.53. The minimum Gasteiger partial charge on any atom is -0.477 e. The number of halogens is 3. The zero-order valence-electron chi connectivity index (χ0n) is 17.7. The third kappa shape index (κ3) is 4.03. The molecule has 2 unspecified atom stereocenters. The van der Waals surface area contributed by atoms with Gasteiger partial charge in [-0.1, -0.05) is 11.3 Å². The molecule has 2 bridgehead atoms. The number of aryl methyl sites for hydroxylation is 1. The predicted molar refractivity (Wildman–Crippen MR) is 110 cm³/mol. The van der Waals surface area contributed by atoms with Gasteiger partial charge in [0.2, 0.25) is 5.88 Å². The molecule has 1 amide bonds. The molecule has 2 saturated heterocycles. The molecule has 2 fully saturated rings. The fraction of sp³-hybridized carbons (Fsp3) is 0.409. The van der Waals surface area contributed by atoms with Crippen LogP contribution in [0.1, 0.15) is 41.0 Å². The topological polar surface area (TPSA) is 86.0 Å². The van der Waals surface area contributed by atoms with Crippen LogP contribution in [0.3, 0.4) is 0 Å². The molecule has 0 spiro atoms. The molecule has 0 saturated carbocycles. The summed E-state index contributed by atoms with van der Waals surface area (Å²) in [7, 11) is 0. The van der Waals surface area contributed by atoms with E-state index in [1.165, 1.54) is 23.0 Å². The van der Waals surface area contributed by atoms with Gasteiger partial charge in [0.1, 0.15) is 5.69 Å². The Morgan fingerprint density at radius 1 is 1.18 bits per heavy atom. The molecule has 33 heavy (non-hydrogen) atoms. The van der Waals surface area contributed by atoms with Crippen LogP contribution >= 0.6 is 0 Å². The summed E-state index contributed by atoms with van der Waals surface area (Å²) in [6, 6.07) is 7.12. The summed E-state index contributed by atoms with van der Waals surface area (Å²) >= 11 is 0. The van der Waals surface area contributed by atoms with E-state index in [1.807, 2.05) is 11.8 Å². The fourth-order valence-corrected chi connectivity index (χ4v) is 4.80. The van der Waals surface area contributed by atoms with Crippen LogP contribution in [0.4, 0.5) is 13.2 Å². The zero-order valence-corrected chi connectivity index (χ0v) is 17.7. The first-order valence-electron chi connectivity index (χ1n) is 10.7. The SMILES string of the molecule is Cc1ccc(C(=O)N2C3CC[C@@H]2C(COc2cccc(C(F)(F)F)n2)C3)c(-n2ccnn2)n1. The molecule has 0 radical (unpaired) electrons. The Bertz CT molecular complexity index is 1170. The highest BCUT2D eigenvalue weighted by Crippen LogP contribution is 2.43. The van der Waals surface area contributed by atoms with E-state index in [-0.39, 0.29) is 36.4 Å². The molecule has 5 rings (SSSR count). The Hall–Kier alpha value is -3.50. The number of alkyl halides is 3. The van der Waals surface area contributed by atoms with Crippen molar-refractivity contribution in [3.63, 3.8) is 0 Å². The Balaban J connectivity index is 1.33. The highest BCUT2D eigenvalue weighted by molar-refractivity contribution is 5.98. The first kappa shape index (κ1) is 21.4. The molecule has 0 aromatic carbocycles. The number of carbonyl (C=O) groups is 1. The Kier molecular flexibility index (Phi) is 5.26. The molecule has 172 valence electrons. The van der Waals surface area contributed by atoms with Crippen molar-refractivity contribution >= 4 is 5.91 Å². The van der Waals surface area contributed by atoms with E-state index < -0.39 is 11.9 Å². The molecule has 11 heteroatoms. The fourth-order valence-electron chi connectivity index (χ4n) is 4.80. The van der Waals surface area contributed by atoms with E-state index >= 15 is 0 Å². The molecule has 5 heterocycles. The van der Waals surface area contributed by atoms with Crippen LogP contribution < -0.4 is 4.74 Å². The van der Waals surface area contributed by atoms with Crippen LogP contribution in [0.5, 0.6) is 5.88 Å². The van der Waals surface area contributed by atoms with Crippen molar-refractivity contribution in [2.24, 2.45) is 5.92 Å². The molecule has 8 nitrogen and oxygen atoms in total. The molecule has 3 aromatic rings. The quantitative estimate of drug-likeness (QED) is 0.582. The molecular formula is C22H21F3N6O2. The van der Waals surface area contributed by atoms with Gasteiger partial charge in [-0.25, -0.2) is 14.6 Å². The van der Waals surface area contributed by atoms with E-state index in [0.29, 0.717) is 11.4 Å². The highest BCUT2D eigenvalue weighted by atomic mass is 19.4. The number of hydrogen-bond acceptors (Lipinski definition) is 6. The molecule has 3 aromatic heterocycles. The Morgan fingerprint density at radius 2 is 2.03 bits per heavy atom. The van der Waals surface area contributed by atoms with Crippen molar-refractivity contribution in [2.45, 2.75) is 44.4 Å². The van der Waals surface area contributed by atoms with Crippen LogP contribution in [-0.4, -0.2) is 54.5 Å². The van der Waals surface area contributed by atoms with Gasteiger partial charge in [-0.05, 0) is 44.4 Å². The summed E-state index contributed by atoms with van der Waals surface area (Å²) in [5, 5.41) is 7.79. The van der Waals surface area contributed by atoms with Crippen LogP contribution in [0.25, 0.3) is 5.82 Å². The average Bonchev–Trinajstić information content (AvgIpc) is 3.53. The van der Waals surface area contributed by atoms with Crippen molar-refractivity contribution in [1.82, 2.24) is 29.9 Å². The number of nitrogens with zero attached hydrogens (tertiary/aromatic N) is 6. The van der Waals surface area contributed by atoms with Gasteiger partial charge >= 0.3 is 6.18 Å².